The number of amides is 2. The minimum Gasteiger partial charge on any atom is -0.383 e. The number of piperazine rings is 1. The molecule has 0 bridgehead atoms. The maximum absolute atomic E-state index is 12.5. The van der Waals surface area contributed by atoms with E-state index in [1.165, 1.54) is 38.5 Å². The Bertz CT molecular complexity index is 1280. The first-order chi connectivity index (χ1) is 19.2. The minimum absolute atomic E-state index is 0.0483. The van der Waals surface area contributed by atoms with Crippen LogP contribution in [0.2, 0.25) is 0 Å². The Morgan fingerprint density at radius 2 is 1.67 bits per heavy atom. The number of fused-ring (bicyclic) bond motifs is 1. The lowest BCUT2D eigenvalue weighted by molar-refractivity contribution is 0.177. The molecule has 2 saturated heterocycles. The summed E-state index contributed by atoms with van der Waals surface area (Å²) in [6.07, 6.45) is 11.0. The minimum atomic E-state index is -0.0483. The monoisotopic (exact) mass is 534 g/mol. The largest absolute Gasteiger partial charge is 0.383 e. The molecule has 1 aliphatic carbocycles. The van der Waals surface area contributed by atoms with E-state index in [2.05, 4.69) is 47.3 Å². The van der Waals surface area contributed by atoms with Crippen LogP contribution in [-0.2, 0) is 4.74 Å². The number of methoxy groups -OCH3 is 1. The van der Waals surface area contributed by atoms with Crippen LogP contribution in [0.5, 0.6) is 0 Å². The van der Waals surface area contributed by atoms with Crippen molar-refractivity contribution in [1.82, 2.24) is 34.9 Å². The summed E-state index contributed by atoms with van der Waals surface area (Å²) in [7, 11) is 1.63. The van der Waals surface area contributed by atoms with Gasteiger partial charge in [-0.25, -0.2) is 9.78 Å². The lowest BCUT2D eigenvalue weighted by Gasteiger charge is -2.35. The van der Waals surface area contributed by atoms with Gasteiger partial charge in [0, 0.05) is 76.6 Å². The number of rotatable bonds is 8. The summed E-state index contributed by atoms with van der Waals surface area (Å²) in [5.74, 6) is 3.04. The van der Waals surface area contributed by atoms with Gasteiger partial charge in [-0.3, -0.25) is 4.68 Å². The predicted molar refractivity (Wildman–Crippen MR) is 151 cm³/mol. The predicted octanol–water partition coefficient (Wildman–Crippen LogP) is 3.16. The van der Waals surface area contributed by atoms with E-state index in [0.717, 1.165) is 35.6 Å². The highest BCUT2D eigenvalue weighted by Crippen LogP contribution is 2.32. The number of anilines is 4. The van der Waals surface area contributed by atoms with Crippen LogP contribution in [0.15, 0.2) is 24.5 Å². The molecule has 3 aromatic rings. The van der Waals surface area contributed by atoms with Crippen LogP contribution in [-0.4, -0.2) is 95.2 Å². The number of carbonyl (C=O) groups is 1. The zero-order valence-corrected chi connectivity index (χ0v) is 22.7. The molecule has 0 unspecified atom stereocenters. The quantitative estimate of drug-likeness (QED) is 0.420. The third-order valence-electron chi connectivity index (χ3n) is 7.99. The third kappa shape index (κ3) is 5.70. The molecule has 6 rings (SSSR count). The van der Waals surface area contributed by atoms with Crippen LogP contribution in [0, 0.1) is 0 Å². The Morgan fingerprint density at radius 3 is 2.38 bits per heavy atom. The fraction of sp³-hybridized carbons (Fsp3) is 0.593. The van der Waals surface area contributed by atoms with Gasteiger partial charge in [0.05, 0.1) is 24.4 Å². The van der Waals surface area contributed by atoms with E-state index in [9.17, 15) is 4.79 Å². The smallest absolute Gasteiger partial charge is 0.317 e. The molecule has 12 heteroatoms. The third-order valence-corrected chi connectivity index (χ3v) is 7.99. The van der Waals surface area contributed by atoms with Gasteiger partial charge in [0.1, 0.15) is 17.5 Å². The fourth-order valence-corrected chi connectivity index (χ4v) is 5.82. The summed E-state index contributed by atoms with van der Waals surface area (Å²) in [4.78, 5) is 33.3. The van der Waals surface area contributed by atoms with E-state index in [-0.39, 0.29) is 6.03 Å². The molecular formula is C27H38N10O2. The molecule has 0 radical (unpaired) electrons. The van der Waals surface area contributed by atoms with Crippen LogP contribution >= 0.6 is 0 Å². The lowest BCUT2D eigenvalue weighted by Crippen LogP contribution is -2.52. The Hall–Kier alpha value is -3.67. The molecule has 0 aromatic carbocycles. The van der Waals surface area contributed by atoms with Crippen molar-refractivity contribution in [3.8, 4) is 0 Å². The first-order valence-corrected chi connectivity index (χ1v) is 14.2. The molecule has 12 nitrogen and oxygen atoms in total. The SMILES string of the molecule is COCCNC(=O)N1CCN(c2cc(N3CCCC3)nc(Nc3cc4c(cn3)cnn4C3CCCC3)n2)CC1. The maximum Gasteiger partial charge on any atom is 0.317 e. The highest BCUT2D eigenvalue weighted by molar-refractivity contribution is 5.81. The first-order valence-electron chi connectivity index (χ1n) is 14.2. The highest BCUT2D eigenvalue weighted by Gasteiger charge is 2.25. The second-order valence-electron chi connectivity index (χ2n) is 10.6. The molecule has 39 heavy (non-hydrogen) atoms. The van der Waals surface area contributed by atoms with Crippen LogP contribution < -0.4 is 20.4 Å². The Kier molecular flexibility index (Phi) is 7.62. The molecule has 2 aliphatic heterocycles. The van der Waals surface area contributed by atoms with Crippen LogP contribution in [0.1, 0.15) is 44.6 Å². The molecule has 3 aromatic heterocycles. The number of carbonyl (C=O) groups excluding carboxylic acids is 1. The van der Waals surface area contributed by atoms with Gasteiger partial charge >= 0.3 is 6.03 Å². The second-order valence-corrected chi connectivity index (χ2v) is 10.6. The van der Waals surface area contributed by atoms with Crippen molar-refractivity contribution in [1.29, 1.82) is 0 Å². The summed E-state index contributed by atoms with van der Waals surface area (Å²) in [6.45, 7) is 5.69. The van der Waals surface area contributed by atoms with Crippen molar-refractivity contribution in [2.75, 3.05) is 74.6 Å². The average molecular weight is 535 g/mol. The number of hydrogen-bond donors (Lipinski definition) is 2. The van der Waals surface area contributed by atoms with Gasteiger partial charge in [-0.05, 0) is 25.7 Å². The number of ether oxygens (including phenoxy) is 1. The summed E-state index contributed by atoms with van der Waals surface area (Å²) in [5, 5.41) is 12.0. The molecule has 3 aliphatic rings. The van der Waals surface area contributed by atoms with E-state index in [0.29, 0.717) is 57.1 Å². The normalized spacial score (nSPS) is 18.3. The Labute approximate surface area is 228 Å². The highest BCUT2D eigenvalue weighted by atomic mass is 16.5. The lowest BCUT2D eigenvalue weighted by atomic mass is 10.2. The number of hydrogen-bond acceptors (Lipinski definition) is 9. The molecule has 2 amide bonds. The van der Waals surface area contributed by atoms with Gasteiger partial charge in [0.25, 0.3) is 0 Å². The van der Waals surface area contributed by atoms with Gasteiger partial charge in [-0.1, -0.05) is 12.8 Å². The molecule has 0 spiro atoms. The van der Waals surface area contributed by atoms with Crippen molar-refractivity contribution < 1.29 is 9.53 Å². The summed E-state index contributed by atoms with van der Waals surface area (Å²) < 4.78 is 7.19. The molecule has 2 N–H and O–H groups in total. The molecule has 5 heterocycles. The van der Waals surface area contributed by atoms with Crippen LogP contribution in [0.25, 0.3) is 10.9 Å². The Balaban J connectivity index is 1.21. The fourth-order valence-electron chi connectivity index (χ4n) is 5.82. The van der Waals surface area contributed by atoms with Crippen molar-refractivity contribution in [2.24, 2.45) is 0 Å². The maximum atomic E-state index is 12.5. The van der Waals surface area contributed by atoms with Gasteiger partial charge in [-0.2, -0.15) is 15.1 Å². The van der Waals surface area contributed by atoms with Crippen molar-refractivity contribution >= 4 is 40.3 Å². The van der Waals surface area contributed by atoms with Crippen molar-refractivity contribution in [3.63, 3.8) is 0 Å². The molecule has 1 saturated carbocycles. The average Bonchev–Trinajstić information content (AvgIpc) is 3.75. The number of aromatic nitrogens is 5. The number of nitrogens with one attached hydrogen (secondary N) is 2. The summed E-state index contributed by atoms with van der Waals surface area (Å²) in [6, 6.07) is 4.55. The van der Waals surface area contributed by atoms with E-state index in [1.54, 1.807) is 7.11 Å². The van der Waals surface area contributed by atoms with Gasteiger partial charge in [-0.15, -0.1) is 0 Å². The van der Waals surface area contributed by atoms with Crippen molar-refractivity contribution in [3.05, 3.63) is 24.5 Å². The van der Waals surface area contributed by atoms with Gasteiger partial charge in [0.15, 0.2) is 0 Å². The van der Waals surface area contributed by atoms with Crippen molar-refractivity contribution in [2.45, 2.75) is 44.6 Å². The number of nitrogens with zero attached hydrogens (tertiary/aromatic N) is 8. The zero-order chi connectivity index (χ0) is 26.6. The topological polar surface area (TPSA) is 117 Å². The molecule has 208 valence electrons. The van der Waals surface area contributed by atoms with E-state index in [1.807, 2.05) is 17.3 Å². The van der Waals surface area contributed by atoms with Gasteiger partial charge in [0.2, 0.25) is 5.95 Å². The first kappa shape index (κ1) is 25.6. The molecular weight excluding hydrogens is 496 g/mol. The second kappa shape index (κ2) is 11.6. The van der Waals surface area contributed by atoms with Gasteiger partial charge < -0.3 is 30.1 Å². The standard InChI is InChI=1S/C27H38N10O2/c1-39-15-8-28-27(38)36-13-11-35(12-14-36)25-17-24(34-9-4-5-10-34)32-26(33-25)31-23-16-22-20(18-29-23)19-30-37(22)21-6-2-3-7-21/h16-19,21H,2-15H2,1H3,(H,28,38)(H,29,31,32,33). The van der Waals surface area contributed by atoms with Crippen LogP contribution in [0.4, 0.5) is 28.2 Å². The van der Waals surface area contributed by atoms with Crippen LogP contribution in [0.3, 0.4) is 0 Å². The summed E-state index contributed by atoms with van der Waals surface area (Å²) in [5.41, 5.74) is 1.09. The van der Waals surface area contributed by atoms with E-state index >= 15 is 0 Å². The Morgan fingerprint density at radius 1 is 0.949 bits per heavy atom. The van der Waals surface area contributed by atoms with E-state index < -0.39 is 0 Å². The number of pyridine rings is 1. The summed E-state index contributed by atoms with van der Waals surface area (Å²) >= 11 is 0. The zero-order valence-electron chi connectivity index (χ0n) is 22.7. The number of urea groups is 1. The molecule has 0 atom stereocenters. The van der Waals surface area contributed by atoms with E-state index in [4.69, 9.17) is 14.7 Å². The molecule has 3 fully saturated rings.